The SMILES string of the molecule is O=S(=O)(c1ccccc1)c1ccc2c(c1)C(O)C(Br)CCO2. The summed E-state index contributed by atoms with van der Waals surface area (Å²) in [5.74, 6) is 0.529. The molecular weight excluding hydrogens is 368 g/mol. The molecule has 1 aliphatic heterocycles. The van der Waals surface area contributed by atoms with E-state index in [0.717, 1.165) is 0 Å². The van der Waals surface area contributed by atoms with E-state index in [1.165, 1.54) is 12.1 Å². The minimum absolute atomic E-state index is 0.154. The van der Waals surface area contributed by atoms with E-state index < -0.39 is 15.9 Å². The molecule has 0 radical (unpaired) electrons. The molecule has 2 aromatic rings. The molecule has 2 aromatic carbocycles. The zero-order valence-electron chi connectivity index (χ0n) is 11.6. The zero-order valence-corrected chi connectivity index (χ0v) is 14.0. The van der Waals surface area contributed by atoms with Gasteiger partial charge in [0.2, 0.25) is 9.84 Å². The van der Waals surface area contributed by atoms with Crippen LogP contribution in [-0.4, -0.2) is 25.0 Å². The number of hydrogen-bond acceptors (Lipinski definition) is 4. The molecule has 22 heavy (non-hydrogen) atoms. The Hall–Kier alpha value is -1.37. The van der Waals surface area contributed by atoms with E-state index in [4.69, 9.17) is 4.74 Å². The number of aliphatic hydroxyl groups excluding tert-OH is 1. The fourth-order valence-corrected chi connectivity index (χ4v) is 4.21. The van der Waals surface area contributed by atoms with Gasteiger partial charge in [-0.05, 0) is 36.8 Å². The highest BCUT2D eigenvalue weighted by Crippen LogP contribution is 2.37. The predicted octanol–water partition coefficient (Wildman–Crippen LogP) is 3.10. The molecule has 0 spiro atoms. The molecule has 4 nitrogen and oxygen atoms in total. The van der Waals surface area contributed by atoms with Crippen LogP contribution in [0.25, 0.3) is 0 Å². The first kappa shape index (κ1) is 15.5. The summed E-state index contributed by atoms with van der Waals surface area (Å²) >= 11 is 3.41. The molecule has 0 saturated heterocycles. The summed E-state index contributed by atoms with van der Waals surface area (Å²) in [6.07, 6.45) is -0.153. The lowest BCUT2D eigenvalue weighted by atomic mass is 10.1. The molecule has 0 saturated carbocycles. The molecule has 3 rings (SSSR count). The number of sulfone groups is 1. The van der Waals surface area contributed by atoms with Crippen LogP contribution in [0.3, 0.4) is 0 Å². The first-order chi connectivity index (χ1) is 10.5. The second-order valence-corrected chi connectivity index (χ2v) is 8.24. The van der Waals surface area contributed by atoms with Crippen LogP contribution in [0.1, 0.15) is 18.1 Å². The van der Waals surface area contributed by atoms with Crippen LogP contribution in [0, 0.1) is 0 Å². The van der Waals surface area contributed by atoms with Gasteiger partial charge < -0.3 is 9.84 Å². The Morgan fingerprint density at radius 1 is 1.09 bits per heavy atom. The van der Waals surface area contributed by atoms with Gasteiger partial charge in [0.1, 0.15) is 5.75 Å². The fourth-order valence-electron chi connectivity index (χ4n) is 2.43. The number of rotatable bonds is 2. The lowest BCUT2D eigenvalue weighted by Crippen LogP contribution is -2.11. The number of ether oxygens (including phenoxy) is 1. The van der Waals surface area contributed by atoms with Crippen LogP contribution in [0.4, 0.5) is 0 Å². The molecule has 0 aromatic heterocycles. The first-order valence-corrected chi connectivity index (χ1v) is 9.29. The maximum Gasteiger partial charge on any atom is 0.206 e. The molecule has 0 bridgehead atoms. The summed E-state index contributed by atoms with van der Waals surface area (Å²) in [7, 11) is -3.61. The molecule has 116 valence electrons. The standard InChI is InChI=1S/C16H15BrO4S/c17-14-8-9-21-15-7-6-12(10-13(15)16(14)18)22(19,20)11-4-2-1-3-5-11/h1-7,10,14,16,18H,8-9H2. The van der Waals surface area contributed by atoms with Crippen molar-refractivity contribution in [2.75, 3.05) is 6.61 Å². The van der Waals surface area contributed by atoms with Crippen molar-refractivity contribution in [2.45, 2.75) is 27.1 Å². The van der Waals surface area contributed by atoms with E-state index in [1.54, 1.807) is 36.4 Å². The van der Waals surface area contributed by atoms with Crippen LogP contribution in [0.15, 0.2) is 58.3 Å². The summed E-state index contributed by atoms with van der Waals surface area (Å²) in [6, 6.07) is 12.9. The highest BCUT2D eigenvalue weighted by atomic mass is 79.9. The van der Waals surface area contributed by atoms with Gasteiger partial charge >= 0.3 is 0 Å². The van der Waals surface area contributed by atoms with Gasteiger partial charge in [-0.2, -0.15) is 0 Å². The summed E-state index contributed by atoms with van der Waals surface area (Å²) in [4.78, 5) is 0.222. The number of aliphatic hydroxyl groups is 1. The Morgan fingerprint density at radius 2 is 1.82 bits per heavy atom. The molecule has 2 unspecified atom stereocenters. The molecule has 1 aliphatic rings. The molecule has 2 atom stereocenters. The number of alkyl halides is 1. The number of benzene rings is 2. The minimum Gasteiger partial charge on any atom is -0.493 e. The van der Waals surface area contributed by atoms with Gasteiger partial charge in [-0.25, -0.2) is 8.42 Å². The highest BCUT2D eigenvalue weighted by Gasteiger charge is 2.27. The lowest BCUT2D eigenvalue weighted by molar-refractivity contribution is 0.176. The minimum atomic E-state index is -3.61. The largest absolute Gasteiger partial charge is 0.493 e. The molecular formula is C16H15BrO4S. The monoisotopic (exact) mass is 382 g/mol. The number of halogens is 1. The van der Waals surface area contributed by atoms with Crippen LogP contribution in [0.2, 0.25) is 0 Å². The Labute approximate surface area is 137 Å². The Bertz CT molecular complexity index is 774. The summed E-state index contributed by atoms with van der Waals surface area (Å²) in [5.41, 5.74) is 0.497. The van der Waals surface area contributed by atoms with E-state index in [0.29, 0.717) is 24.3 Å². The van der Waals surface area contributed by atoms with E-state index in [2.05, 4.69) is 15.9 Å². The van der Waals surface area contributed by atoms with Crippen LogP contribution >= 0.6 is 15.9 Å². The third kappa shape index (κ3) is 2.78. The van der Waals surface area contributed by atoms with E-state index in [1.807, 2.05) is 0 Å². The van der Waals surface area contributed by atoms with Gasteiger partial charge in [0, 0.05) is 10.4 Å². The zero-order chi connectivity index (χ0) is 15.7. The Balaban J connectivity index is 2.09. The fraction of sp³-hybridized carbons (Fsp3) is 0.250. The molecule has 0 aliphatic carbocycles. The van der Waals surface area contributed by atoms with Crippen molar-refractivity contribution in [1.29, 1.82) is 0 Å². The van der Waals surface area contributed by atoms with Crippen LogP contribution in [-0.2, 0) is 9.84 Å². The van der Waals surface area contributed by atoms with Crippen molar-refractivity contribution >= 4 is 25.8 Å². The maximum atomic E-state index is 12.7. The van der Waals surface area contributed by atoms with Gasteiger partial charge in [0.05, 0.1) is 22.5 Å². The molecule has 1 N–H and O–H groups in total. The predicted molar refractivity (Wildman–Crippen MR) is 86.1 cm³/mol. The third-order valence-corrected chi connectivity index (χ3v) is 6.38. The van der Waals surface area contributed by atoms with Crippen molar-refractivity contribution < 1.29 is 18.3 Å². The average molecular weight is 383 g/mol. The smallest absolute Gasteiger partial charge is 0.206 e. The number of fused-ring (bicyclic) bond motifs is 1. The maximum absolute atomic E-state index is 12.7. The topological polar surface area (TPSA) is 63.6 Å². The highest BCUT2D eigenvalue weighted by molar-refractivity contribution is 9.09. The van der Waals surface area contributed by atoms with Gasteiger partial charge in [0.25, 0.3) is 0 Å². The molecule has 1 heterocycles. The van der Waals surface area contributed by atoms with Crippen LogP contribution in [0.5, 0.6) is 5.75 Å². The second-order valence-electron chi connectivity index (χ2n) is 5.11. The van der Waals surface area contributed by atoms with Crippen molar-refractivity contribution in [3.63, 3.8) is 0 Å². The quantitative estimate of drug-likeness (QED) is 0.810. The van der Waals surface area contributed by atoms with Gasteiger partial charge in [0.15, 0.2) is 0 Å². The van der Waals surface area contributed by atoms with Gasteiger partial charge in [-0.3, -0.25) is 0 Å². The summed E-state index contributed by atoms with van der Waals surface area (Å²) in [5, 5.41) is 10.3. The normalized spacial score (nSPS) is 21.5. The van der Waals surface area contributed by atoms with Crippen LogP contribution < -0.4 is 4.74 Å². The lowest BCUT2D eigenvalue weighted by Gasteiger charge is -2.16. The van der Waals surface area contributed by atoms with E-state index >= 15 is 0 Å². The average Bonchev–Trinajstić information content (AvgIpc) is 2.68. The molecule has 6 heteroatoms. The van der Waals surface area contributed by atoms with E-state index in [9.17, 15) is 13.5 Å². The number of hydrogen-bond donors (Lipinski definition) is 1. The van der Waals surface area contributed by atoms with Crippen molar-refractivity contribution in [1.82, 2.24) is 0 Å². The van der Waals surface area contributed by atoms with Gasteiger partial charge in [-0.1, -0.05) is 34.1 Å². The Morgan fingerprint density at radius 3 is 2.55 bits per heavy atom. The molecule has 0 amide bonds. The summed E-state index contributed by atoms with van der Waals surface area (Å²) in [6.45, 7) is 0.477. The second kappa shape index (κ2) is 6.02. The summed E-state index contributed by atoms with van der Waals surface area (Å²) < 4.78 is 30.9. The molecule has 0 fully saturated rings. The van der Waals surface area contributed by atoms with Crippen molar-refractivity contribution in [3.8, 4) is 5.75 Å². The van der Waals surface area contributed by atoms with Crippen molar-refractivity contribution in [3.05, 3.63) is 54.1 Å². The third-order valence-electron chi connectivity index (χ3n) is 3.66. The van der Waals surface area contributed by atoms with E-state index in [-0.39, 0.29) is 14.6 Å². The van der Waals surface area contributed by atoms with Crippen molar-refractivity contribution in [2.24, 2.45) is 0 Å². The van der Waals surface area contributed by atoms with Gasteiger partial charge in [-0.15, -0.1) is 0 Å². The first-order valence-electron chi connectivity index (χ1n) is 6.89. The Kier molecular flexibility index (Phi) is 4.25.